The lowest BCUT2D eigenvalue weighted by Gasteiger charge is -2.35. The van der Waals surface area contributed by atoms with Gasteiger partial charge in [0.25, 0.3) is 0 Å². The van der Waals surface area contributed by atoms with Crippen LogP contribution < -0.4 is 5.32 Å². The van der Waals surface area contributed by atoms with Crippen molar-refractivity contribution in [3.8, 4) is 0 Å². The molecule has 1 saturated heterocycles. The second-order valence-corrected chi connectivity index (χ2v) is 5.85. The number of hydrogen-bond donors (Lipinski definition) is 1. The quantitative estimate of drug-likeness (QED) is 0.881. The summed E-state index contributed by atoms with van der Waals surface area (Å²) in [7, 11) is 1.80. The van der Waals surface area contributed by atoms with Gasteiger partial charge in [-0.3, -0.25) is 4.90 Å². The van der Waals surface area contributed by atoms with E-state index in [0.29, 0.717) is 12.1 Å². The number of methoxy groups -OCH3 is 1. The van der Waals surface area contributed by atoms with E-state index in [0.717, 1.165) is 19.4 Å². The Bertz CT molecular complexity index is 392. The lowest BCUT2D eigenvalue weighted by Crippen LogP contribution is -2.40. The summed E-state index contributed by atoms with van der Waals surface area (Å²) >= 11 is 0. The molecular weight excluding hydrogens is 236 g/mol. The molecule has 1 aliphatic carbocycles. The standard InChI is InChI=1S/C16H24N2O/c1-19-16-10-15(11-16)17-14-6-4-13(5-7-14)12-18-8-2-3-9-18/h4-7,15-17H,2-3,8-12H2,1H3. The Labute approximate surface area is 115 Å². The maximum atomic E-state index is 5.30. The van der Waals surface area contributed by atoms with E-state index in [-0.39, 0.29) is 0 Å². The van der Waals surface area contributed by atoms with Crippen molar-refractivity contribution in [1.29, 1.82) is 0 Å². The highest BCUT2D eigenvalue weighted by Gasteiger charge is 2.28. The maximum Gasteiger partial charge on any atom is 0.0610 e. The molecule has 3 rings (SSSR count). The van der Waals surface area contributed by atoms with E-state index < -0.39 is 0 Å². The lowest BCUT2D eigenvalue weighted by atomic mass is 9.89. The Kier molecular flexibility index (Phi) is 4.04. The van der Waals surface area contributed by atoms with Gasteiger partial charge in [-0.2, -0.15) is 0 Å². The average Bonchev–Trinajstić information content (AvgIpc) is 2.88. The van der Waals surface area contributed by atoms with Crippen molar-refractivity contribution in [3.05, 3.63) is 29.8 Å². The molecule has 1 aromatic rings. The van der Waals surface area contributed by atoms with Crippen LogP contribution in [0.25, 0.3) is 0 Å². The topological polar surface area (TPSA) is 24.5 Å². The molecular formula is C16H24N2O. The van der Waals surface area contributed by atoms with Gasteiger partial charge >= 0.3 is 0 Å². The molecule has 0 spiro atoms. The molecule has 1 saturated carbocycles. The van der Waals surface area contributed by atoms with Crippen LogP contribution in [0.4, 0.5) is 5.69 Å². The molecule has 0 aromatic heterocycles. The van der Waals surface area contributed by atoms with E-state index in [4.69, 9.17) is 4.74 Å². The van der Waals surface area contributed by atoms with Crippen LogP contribution in [-0.2, 0) is 11.3 Å². The third-order valence-electron chi connectivity index (χ3n) is 4.36. The van der Waals surface area contributed by atoms with Gasteiger partial charge in [-0.25, -0.2) is 0 Å². The highest BCUT2D eigenvalue weighted by atomic mass is 16.5. The Balaban J connectivity index is 1.48. The third kappa shape index (κ3) is 3.28. The van der Waals surface area contributed by atoms with Gasteiger partial charge in [0.2, 0.25) is 0 Å². The summed E-state index contributed by atoms with van der Waals surface area (Å²) in [6.45, 7) is 3.64. The van der Waals surface area contributed by atoms with Crippen molar-refractivity contribution < 1.29 is 4.74 Å². The van der Waals surface area contributed by atoms with Crippen LogP contribution in [0.1, 0.15) is 31.2 Å². The molecule has 0 bridgehead atoms. The number of rotatable bonds is 5. The third-order valence-corrected chi connectivity index (χ3v) is 4.36. The second-order valence-electron chi connectivity index (χ2n) is 5.85. The van der Waals surface area contributed by atoms with Gasteiger partial charge in [0.15, 0.2) is 0 Å². The molecule has 104 valence electrons. The molecule has 0 radical (unpaired) electrons. The predicted octanol–water partition coefficient (Wildman–Crippen LogP) is 2.87. The predicted molar refractivity (Wildman–Crippen MR) is 78.4 cm³/mol. The monoisotopic (exact) mass is 260 g/mol. The number of anilines is 1. The van der Waals surface area contributed by atoms with Gasteiger partial charge in [-0.15, -0.1) is 0 Å². The Hall–Kier alpha value is -1.06. The average molecular weight is 260 g/mol. The van der Waals surface area contributed by atoms with E-state index in [2.05, 4.69) is 34.5 Å². The number of nitrogens with zero attached hydrogens (tertiary/aromatic N) is 1. The van der Waals surface area contributed by atoms with Crippen LogP contribution >= 0.6 is 0 Å². The molecule has 3 nitrogen and oxygen atoms in total. The summed E-state index contributed by atoms with van der Waals surface area (Å²) in [4.78, 5) is 2.54. The van der Waals surface area contributed by atoms with E-state index in [1.165, 1.54) is 37.2 Å². The Morgan fingerprint density at radius 3 is 2.47 bits per heavy atom. The van der Waals surface area contributed by atoms with E-state index >= 15 is 0 Å². The lowest BCUT2D eigenvalue weighted by molar-refractivity contribution is 0.0329. The number of nitrogens with one attached hydrogen (secondary N) is 1. The van der Waals surface area contributed by atoms with Crippen LogP contribution in [0.3, 0.4) is 0 Å². The first-order valence-corrected chi connectivity index (χ1v) is 7.44. The van der Waals surface area contributed by atoms with E-state index in [1.807, 2.05) is 0 Å². The highest BCUT2D eigenvalue weighted by Crippen LogP contribution is 2.26. The summed E-state index contributed by atoms with van der Waals surface area (Å²) < 4.78 is 5.30. The van der Waals surface area contributed by atoms with Gasteiger partial charge in [-0.05, 0) is 56.5 Å². The first-order valence-electron chi connectivity index (χ1n) is 7.44. The van der Waals surface area contributed by atoms with Crippen molar-refractivity contribution in [1.82, 2.24) is 4.90 Å². The minimum atomic E-state index is 0.465. The summed E-state index contributed by atoms with van der Waals surface area (Å²) in [6.07, 6.45) is 5.45. The molecule has 0 amide bonds. The van der Waals surface area contributed by atoms with Crippen LogP contribution in [0.5, 0.6) is 0 Å². The molecule has 0 unspecified atom stereocenters. The Morgan fingerprint density at radius 1 is 1.16 bits per heavy atom. The maximum absolute atomic E-state index is 5.30. The Morgan fingerprint density at radius 2 is 1.84 bits per heavy atom. The zero-order valence-electron chi connectivity index (χ0n) is 11.8. The van der Waals surface area contributed by atoms with Crippen molar-refractivity contribution in [2.75, 3.05) is 25.5 Å². The van der Waals surface area contributed by atoms with Crippen molar-refractivity contribution in [3.63, 3.8) is 0 Å². The normalized spacial score (nSPS) is 27.2. The minimum absolute atomic E-state index is 0.465. The fourth-order valence-electron chi connectivity index (χ4n) is 3.02. The molecule has 2 fully saturated rings. The van der Waals surface area contributed by atoms with Crippen molar-refractivity contribution in [2.24, 2.45) is 0 Å². The molecule has 1 heterocycles. The summed E-state index contributed by atoms with van der Waals surface area (Å²) in [5.74, 6) is 0. The van der Waals surface area contributed by atoms with Crippen LogP contribution in [0, 0.1) is 0 Å². The van der Waals surface area contributed by atoms with E-state index in [9.17, 15) is 0 Å². The molecule has 1 N–H and O–H groups in total. The molecule has 0 atom stereocenters. The van der Waals surface area contributed by atoms with Gasteiger partial charge in [-0.1, -0.05) is 12.1 Å². The van der Waals surface area contributed by atoms with Gasteiger partial charge in [0.1, 0.15) is 0 Å². The zero-order chi connectivity index (χ0) is 13.1. The molecule has 1 aromatic carbocycles. The largest absolute Gasteiger partial charge is 0.382 e. The van der Waals surface area contributed by atoms with Crippen molar-refractivity contribution >= 4 is 5.69 Å². The number of benzene rings is 1. The number of hydrogen-bond acceptors (Lipinski definition) is 3. The van der Waals surface area contributed by atoms with Gasteiger partial charge < -0.3 is 10.1 Å². The van der Waals surface area contributed by atoms with Gasteiger partial charge in [0, 0.05) is 25.4 Å². The van der Waals surface area contributed by atoms with Crippen LogP contribution in [0.2, 0.25) is 0 Å². The fraction of sp³-hybridized carbons (Fsp3) is 0.625. The summed E-state index contributed by atoms with van der Waals surface area (Å²) in [5, 5.41) is 3.57. The molecule has 3 heteroatoms. The minimum Gasteiger partial charge on any atom is -0.382 e. The first kappa shape index (κ1) is 12.9. The second kappa shape index (κ2) is 5.93. The first-order chi connectivity index (χ1) is 9.33. The van der Waals surface area contributed by atoms with Crippen molar-refractivity contribution in [2.45, 2.75) is 44.4 Å². The summed E-state index contributed by atoms with van der Waals surface area (Å²) in [5.41, 5.74) is 2.67. The van der Waals surface area contributed by atoms with E-state index in [1.54, 1.807) is 7.11 Å². The molecule has 19 heavy (non-hydrogen) atoms. The smallest absolute Gasteiger partial charge is 0.0610 e. The van der Waals surface area contributed by atoms with Gasteiger partial charge in [0.05, 0.1) is 6.10 Å². The van der Waals surface area contributed by atoms with Crippen LogP contribution in [-0.4, -0.2) is 37.2 Å². The number of likely N-dealkylation sites (tertiary alicyclic amines) is 1. The fourth-order valence-corrected chi connectivity index (χ4v) is 3.02. The van der Waals surface area contributed by atoms with Crippen LogP contribution in [0.15, 0.2) is 24.3 Å². The molecule has 1 aliphatic heterocycles. The zero-order valence-corrected chi connectivity index (χ0v) is 11.8. The number of ether oxygens (including phenoxy) is 1. The molecule has 2 aliphatic rings. The highest BCUT2D eigenvalue weighted by molar-refractivity contribution is 5.46. The summed E-state index contributed by atoms with van der Waals surface area (Å²) in [6, 6.07) is 9.53. The SMILES string of the molecule is COC1CC(Nc2ccc(CN3CCCC3)cc2)C1.